The van der Waals surface area contributed by atoms with Crippen LogP contribution in [0.25, 0.3) is 0 Å². The van der Waals surface area contributed by atoms with Gasteiger partial charge in [-0.05, 0) is 18.9 Å². The van der Waals surface area contributed by atoms with Gasteiger partial charge >= 0.3 is 0 Å². The van der Waals surface area contributed by atoms with Crippen LogP contribution in [-0.4, -0.2) is 46.1 Å². The highest BCUT2D eigenvalue weighted by Gasteiger charge is 2.30. The number of hydrogen-bond acceptors (Lipinski definition) is 6. The molecule has 3 heterocycles. The van der Waals surface area contributed by atoms with Crippen LogP contribution in [0.5, 0.6) is 0 Å². The number of rotatable bonds is 3. The van der Waals surface area contributed by atoms with E-state index in [1.165, 1.54) is 12.8 Å². The fourth-order valence-electron chi connectivity index (χ4n) is 3.11. The normalized spacial score (nSPS) is 18.5. The zero-order valence-corrected chi connectivity index (χ0v) is 15.3. The van der Waals surface area contributed by atoms with E-state index < -0.39 is 0 Å². The van der Waals surface area contributed by atoms with Gasteiger partial charge in [0, 0.05) is 56.0 Å². The maximum atomic E-state index is 4.90. The molecule has 0 aromatic carbocycles. The lowest BCUT2D eigenvalue weighted by molar-refractivity contribution is 0.559. The second-order valence-corrected chi connectivity index (χ2v) is 8.02. The summed E-state index contributed by atoms with van der Waals surface area (Å²) < 4.78 is 0. The number of hydrogen-bond donors (Lipinski definition) is 0. The summed E-state index contributed by atoms with van der Waals surface area (Å²) in [7, 11) is 0. The van der Waals surface area contributed by atoms with Gasteiger partial charge in [-0.1, -0.05) is 20.8 Å². The highest BCUT2D eigenvalue weighted by Crippen LogP contribution is 2.39. The summed E-state index contributed by atoms with van der Waals surface area (Å²) in [6, 6.07) is 4.04. The first kappa shape index (κ1) is 16.2. The van der Waals surface area contributed by atoms with Gasteiger partial charge in [-0.25, -0.2) is 19.9 Å². The third kappa shape index (κ3) is 3.57. The van der Waals surface area contributed by atoms with Gasteiger partial charge in [0.2, 0.25) is 5.95 Å². The average Bonchev–Trinajstić information content (AvgIpc) is 3.47. The van der Waals surface area contributed by atoms with Crippen LogP contribution in [0.1, 0.15) is 51.0 Å². The van der Waals surface area contributed by atoms with Crippen molar-refractivity contribution < 1.29 is 0 Å². The summed E-state index contributed by atoms with van der Waals surface area (Å²) >= 11 is 0. The number of piperazine rings is 1. The molecule has 132 valence electrons. The molecule has 2 aromatic heterocycles. The van der Waals surface area contributed by atoms with E-state index in [1.54, 1.807) is 12.4 Å². The van der Waals surface area contributed by atoms with Crippen molar-refractivity contribution in [2.24, 2.45) is 0 Å². The average molecular weight is 338 g/mol. The number of aromatic nitrogens is 4. The minimum absolute atomic E-state index is 0.0427. The predicted molar refractivity (Wildman–Crippen MR) is 99.2 cm³/mol. The second kappa shape index (κ2) is 6.24. The standard InChI is InChI=1S/C19H26N6/c1-19(2,3)15-13-16(23-17(22-15)14-5-6-14)24-9-11-25(12-10-24)18-20-7-4-8-21-18/h4,7-8,13-14H,5-6,9-12H2,1-3H3. The Bertz CT molecular complexity index is 727. The van der Waals surface area contributed by atoms with Gasteiger partial charge < -0.3 is 9.80 Å². The molecule has 2 aromatic rings. The van der Waals surface area contributed by atoms with Crippen molar-refractivity contribution in [2.45, 2.75) is 44.9 Å². The third-order valence-corrected chi connectivity index (χ3v) is 4.88. The zero-order valence-electron chi connectivity index (χ0n) is 15.3. The minimum atomic E-state index is 0.0427. The van der Waals surface area contributed by atoms with Crippen molar-refractivity contribution in [1.82, 2.24) is 19.9 Å². The lowest BCUT2D eigenvalue weighted by Crippen LogP contribution is -2.47. The fourth-order valence-corrected chi connectivity index (χ4v) is 3.11. The topological polar surface area (TPSA) is 58.0 Å². The molecule has 1 aliphatic heterocycles. The molecule has 6 nitrogen and oxygen atoms in total. The van der Waals surface area contributed by atoms with E-state index in [0.29, 0.717) is 5.92 Å². The van der Waals surface area contributed by atoms with Crippen LogP contribution in [0.4, 0.5) is 11.8 Å². The van der Waals surface area contributed by atoms with E-state index in [4.69, 9.17) is 9.97 Å². The smallest absolute Gasteiger partial charge is 0.225 e. The summed E-state index contributed by atoms with van der Waals surface area (Å²) in [5.74, 6) is 3.51. The summed E-state index contributed by atoms with van der Waals surface area (Å²) in [4.78, 5) is 23.1. The molecule has 0 unspecified atom stereocenters. The Morgan fingerprint density at radius 1 is 0.920 bits per heavy atom. The molecule has 0 spiro atoms. The van der Waals surface area contributed by atoms with Gasteiger partial charge in [0.1, 0.15) is 11.6 Å². The Hall–Kier alpha value is -2.24. The first-order valence-electron chi connectivity index (χ1n) is 9.17. The predicted octanol–water partition coefficient (Wildman–Crippen LogP) is 2.77. The molecule has 1 saturated carbocycles. The lowest BCUT2D eigenvalue weighted by atomic mass is 9.91. The molecule has 0 amide bonds. The van der Waals surface area contributed by atoms with E-state index in [1.807, 2.05) is 6.07 Å². The summed E-state index contributed by atoms with van der Waals surface area (Å²) in [5.41, 5.74) is 1.19. The Balaban J connectivity index is 1.53. The van der Waals surface area contributed by atoms with Crippen LogP contribution in [0.2, 0.25) is 0 Å². The molecule has 4 rings (SSSR count). The van der Waals surface area contributed by atoms with Gasteiger partial charge in [-0.2, -0.15) is 0 Å². The fraction of sp³-hybridized carbons (Fsp3) is 0.579. The maximum absolute atomic E-state index is 4.90. The van der Waals surface area contributed by atoms with E-state index in [-0.39, 0.29) is 5.41 Å². The number of anilines is 2. The quantitative estimate of drug-likeness (QED) is 0.858. The van der Waals surface area contributed by atoms with Crippen molar-refractivity contribution in [2.75, 3.05) is 36.0 Å². The Labute approximate surface area is 149 Å². The summed E-state index contributed by atoms with van der Waals surface area (Å²) in [6.07, 6.45) is 6.06. The van der Waals surface area contributed by atoms with E-state index in [9.17, 15) is 0 Å². The molecule has 0 radical (unpaired) electrons. The third-order valence-electron chi connectivity index (χ3n) is 4.88. The van der Waals surface area contributed by atoms with E-state index in [2.05, 4.69) is 46.6 Å². The molecule has 1 aliphatic carbocycles. The van der Waals surface area contributed by atoms with Crippen molar-refractivity contribution in [3.8, 4) is 0 Å². The van der Waals surface area contributed by atoms with Crippen molar-refractivity contribution >= 4 is 11.8 Å². The molecule has 0 atom stereocenters. The van der Waals surface area contributed by atoms with E-state index >= 15 is 0 Å². The SMILES string of the molecule is CC(C)(C)c1cc(N2CCN(c3ncccn3)CC2)nc(C2CC2)n1. The second-order valence-electron chi connectivity index (χ2n) is 8.02. The molecule has 0 bridgehead atoms. The largest absolute Gasteiger partial charge is 0.353 e. The van der Waals surface area contributed by atoms with Gasteiger partial charge in [0.25, 0.3) is 0 Å². The van der Waals surface area contributed by atoms with Crippen LogP contribution >= 0.6 is 0 Å². The molecular weight excluding hydrogens is 312 g/mol. The molecular formula is C19H26N6. The molecule has 2 aliphatic rings. The first-order chi connectivity index (χ1) is 12.0. The van der Waals surface area contributed by atoms with Crippen LogP contribution < -0.4 is 9.80 Å². The first-order valence-corrected chi connectivity index (χ1v) is 9.17. The summed E-state index contributed by atoms with van der Waals surface area (Å²) in [6.45, 7) is 10.4. The summed E-state index contributed by atoms with van der Waals surface area (Å²) in [5, 5.41) is 0. The maximum Gasteiger partial charge on any atom is 0.225 e. The Morgan fingerprint density at radius 3 is 2.16 bits per heavy atom. The molecule has 25 heavy (non-hydrogen) atoms. The highest BCUT2D eigenvalue weighted by molar-refractivity contribution is 5.45. The monoisotopic (exact) mass is 338 g/mol. The van der Waals surface area contributed by atoms with Crippen LogP contribution in [-0.2, 0) is 5.41 Å². The molecule has 2 fully saturated rings. The van der Waals surface area contributed by atoms with Gasteiger partial charge in [0.15, 0.2) is 0 Å². The van der Waals surface area contributed by atoms with Crippen LogP contribution in [0, 0.1) is 0 Å². The highest BCUT2D eigenvalue weighted by atomic mass is 15.3. The van der Waals surface area contributed by atoms with Crippen molar-refractivity contribution in [3.05, 3.63) is 36.0 Å². The molecule has 1 saturated heterocycles. The lowest BCUT2D eigenvalue weighted by Gasteiger charge is -2.36. The van der Waals surface area contributed by atoms with Crippen molar-refractivity contribution in [3.63, 3.8) is 0 Å². The minimum Gasteiger partial charge on any atom is -0.353 e. The van der Waals surface area contributed by atoms with Crippen LogP contribution in [0.15, 0.2) is 24.5 Å². The molecule has 0 N–H and O–H groups in total. The van der Waals surface area contributed by atoms with Gasteiger partial charge in [-0.3, -0.25) is 0 Å². The van der Waals surface area contributed by atoms with Gasteiger partial charge in [0.05, 0.1) is 5.69 Å². The van der Waals surface area contributed by atoms with Crippen LogP contribution in [0.3, 0.4) is 0 Å². The van der Waals surface area contributed by atoms with Gasteiger partial charge in [-0.15, -0.1) is 0 Å². The Kier molecular flexibility index (Phi) is 4.06. The van der Waals surface area contributed by atoms with E-state index in [0.717, 1.165) is 49.5 Å². The zero-order chi connectivity index (χ0) is 17.4. The number of nitrogens with zero attached hydrogens (tertiary/aromatic N) is 6. The Morgan fingerprint density at radius 2 is 1.56 bits per heavy atom. The van der Waals surface area contributed by atoms with Crippen molar-refractivity contribution in [1.29, 1.82) is 0 Å². The molecule has 6 heteroatoms.